The maximum absolute atomic E-state index is 12.0. The van der Waals surface area contributed by atoms with E-state index >= 15 is 0 Å². The Hall–Kier alpha value is -1.32. The lowest BCUT2D eigenvalue weighted by Gasteiger charge is -2.24. The quantitative estimate of drug-likeness (QED) is 0.580. The molecule has 2 saturated heterocycles. The molecule has 0 spiro atoms. The molecular weight excluding hydrogens is 204 g/mol. The van der Waals surface area contributed by atoms with Crippen LogP contribution in [0, 0.1) is 0 Å². The standard InChI is InChI=1S/C12H16N2O2/c15-11-9(13-5-1-2-6-13)12(16)10(11)14-7-3-4-8-14/h1-8H2. The molecule has 0 aliphatic carbocycles. The average Bonchev–Trinajstić information content (AvgIpc) is 2.91. The zero-order valence-electron chi connectivity index (χ0n) is 9.37. The number of hydrogen-bond acceptors (Lipinski definition) is 3. The van der Waals surface area contributed by atoms with Crippen LogP contribution in [0.4, 0.5) is 5.69 Å². The van der Waals surface area contributed by atoms with Gasteiger partial charge in [0.1, 0.15) is 13.1 Å². The Morgan fingerprint density at radius 1 is 1.06 bits per heavy atom. The predicted octanol–water partition coefficient (Wildman–Crippen LogP) is -0.838. The third-order valence-electron chi connectivity index (χ3n) is 3.70. The van der Waals surface area contributed by atoms with Gasteiger partial charge in [-0.15, -0.1) is 0 Å². The molecule has 3 rings (SSSR count). The van der Waals surface area contributed by atoms with Crippen LogP contribution in [0.25, 0.3) is 0 Å². The molecule has 2 aliphatic heterocycles. The Kier molecular flexibility index (Phi) is 2.23. The summed E-state index contributed by atoms with van der Waals surface area (Å²) in [5.74, 6) is -0.00574. The van der Waals surface area contributed by atoms with Crippen molar-refractivity contribution >= 4 is 5.69 Å². The molecule has 0 bridgehead atoms. The topological polar surface area (TPSA) is 46.4 Å². The number of nitrogens with zero attached hydrogens (tertiary/aromatic N) is 2. The van der Waals surface area contributed by atoms with Gasteiger partial charge in [-0.1, -0.05) is 0 Å². The van der Waals surface area contributed by atoms with Crippen LogP contribution in [0.3, 0.4) is 0 Å². The SMILES string of the molecule is O=c1c(N2CCCC2)c([O-])c1=[N+]1CCCC1. The minimum absolute atomic E-state index is 0.00574. The number of rotatable bonds is 1. The molecule has 0 radical (unpaired) electrons. The van der Waals surface area contributed by atoms with Crippen LogP contribution in [-0.2, 0) is 0 Å². The van der Waals surface area contributed by atoms with Crippen LogP contribution in [-0.4, -0.2) is 26.2 Å². The normalized spacial score (nSPS) is 21.2. The molecule has 86 valence electrons. The summed E-state index contributed by atoms with van der Waals surface area (Å²) in [6.07, 6.45) is 4.40. The summed E-state index contributed by atoms with van der Waals surface area (Å²) in [6, 6.07) is 0. The summed E-state index contributed by atoms with van der Waals surface area (Å²) in [5, 5.41) is 12.4. The van der Waals surface area contributed by atoms with Gasteiger partial charge in [0.15, 0.2) is 0 Å². The fraction of sp³-hybridized carbons (Fsp3) is 0.667. The summed E-state index contributed by atoms with van der Waals surface area (Å²) in [5.41, 5.74) is 0.452. The van der Waals surface area contributed by atoms with Crippen LogP contribution >= 0.6 is 0 Å². The van der Waals surface area contributed by atoms with E-state index in [1.54, 1.807) is 0 Å². The molecule has 0 saturated carbocycles. The van der Waals surface area contributed by atoms with Gasteiger partial charge in [-0.05, 0) is 18.6 Å². The first kappa shape index (κ1) is 9.87. The van der Waals surface area contributed by atoms with E-state index in [-0.39, 0.29) is 11.2 Å². The van der Waals surface area contributed by atoms with Crippen molar-refractivity contribution in [1.82, 2.24) is 4.58 Å². The molecule has 0 amide bonds. The third kappa shape index (κ3) is 1.29. The molecular formula is C12H16N2O2. The van der Waals surface area contributed by atoms with Crippen molar-refractivity contribution in [3.05, 3.63) is 15.6 Å². The van der Waals surface area contributed by atoms with Crippen molar-refractivity contribution < 1.29 is 5.11 Å². The fourth-order valence-electron chi connectivity index (χ4n) is 2.82. The lowest BCUT2D eigenvalue weighted by molar-refractivity contribution is -0.271. The molecule has 0 N–H and O–H groups in total. The zero-order valence-corrected chi connectivity index (χ0v) is 9.37. The fourth-order valence-corrected chi connectivity index (χ4v) is 2.82. The van der Waals surface area contributed by atoms with E-state index in [1.165, 1.54) is 0 Å². The summed E-state index contributed by atoms with van der Waals surface area (Å²) in [4.78, 5) is 13.9. The largest absolute Gasteiger partial charge is 0.866 e. The first-order valence-corrected chi connectivity index (χ1v) is 6.12. The molecule has 2 fully saturated rings. The Morgan fingerprint density at radius 2 is 1.69 bits per heavy atom. The Morgan fingerprint density at radius 3 is 2.25 bits per heavy atom. The molecule has 2 heterocycles. The summed E-state index contributed by atoms with van der Waals surface area (Å²) >= 11 is 0. The van der Waals surface area contributed by atoms with Gasteiger partial charge in [-0.3, -0.25) is 4.79 Å². The van der Waals surface area contributed by atoms with Gasteiger partial charge in [0, 0.05) is 25.9 Å². The van der Waals surface area contributed by atoms with Crippen molar-refractivity contribution in [2.24, 2.45) is 0 Å². The van der Waals surface area contributed by atoms with E-state index in [1.807, 2.05) is 9.48 Å². The van der Waals surface area contributed by atoms with Crippen LogP contribution in [0.5, 0.6) is 5.75 Å². The summed E-state index contributed by atoms with van der Waals surface area (Å²) < 4.78 is 1.96. The van der Waals surface area contributed by atoms with Gasteiger partial charge >= 0.3 is 0 Å². The van der Waals surface area contributed by atoms with Gasteiger partial charge in [-0.2, -0.15) is 0 Å². The maximum Gasteiger partial charge on any atom is 0.271 e. The lowest BCUT2D eigenvalue weighted by atomic mass is 10.2. The van der Waals surface area contributed by atoms with Crippen molar-refractivity contribution in [3.8, 4) is 5.75 Å². The van der Waals surface area contributed by atoms with Crippen LogP contribution in [0.1, 0.15) is 25.7 Å². The van der Waals surface area contributed by atoms with E-state index < -0.39 is 0 Å². The van der Waals surface area contributed by atoms with Gasteiger partial charge < -0.3 is 10.0 Å². The van der Waals surface area contributed by atoms with Gasteiger partial charge in [0.05, 0.1) is 5.69 Å². The smallest absolute Gasteiger partial charge is 0.271 e. The maximum atomic E-state index is 12.0. The van der Waals surface area contributed by atoms with E-state index in [0.717, 1.165) is 51.9 Å². The van der Waals surface area contributed by atoms with E-state index in [4.69, 9.17) is 0 Å². The van der Waals surface area contributed by atoms with Crippen molar-refractivity contribution in [2.75, 3.05) is 31.1 Å². The Labute approximate surface area is 94.1 Å². The van der Waals surface area contributed by atoms with E-state index in [0.29, 0.717) is 11.0 Å². The minimum atomic E-state index is -0.00574. The van der Waals surface area contributed by atoms with Crippen molar-refractivity contribution in [2.45, 2.75) is 25.7 Å². The van der Waals surface area contributed by atoms with E-state index in [9.17, 15) is 9.90 Å². The summed E-state index contributed by atoms with van der Waals surface area (Å²) in [7, 11) is 0. The molecule has 0 unspecified atom stereocenters. The second kappa shape index (κ2) is 3.61. The predicted molar refractivity (Wildman–Crippen MR) is 60.2 cm³/mol. The highest BCUT2D eigenvalue weighted by atomic mass is 16.3. The second-order valence-corrected chi connectivity index (χ2v) is 4.74. The molecule has 0 atom stereocenters. The first-order valence-electron chi connectivity index (χ1n) is 6.12. The van der Waals surface area contributed by atoms with Gasteiger partial charge in [0.25, 0.3) is 5.43 Å². The van der Waals surface area contributed by atoms with Gasteiger partial charge in [-0.25, -0.2) is 4.58 Å². The average molecular weight is 220 g/mol. The van der Waals surface area contributed by atoms with Gasteiger partial charge in [0.2, 0.25) is 5.36 Å². The van der Waals surface area contributed by atoms with Crippen LogP contribution in [0.2, 0.25) is 0 Å². The Bertz CT molecular complexity index is 483. The van der Waals surface area contributed by atoms with E-state index in [2.05, 4.69) is 0 Å². The molecule has 16 heavy (non-hydrogen) atoms. The molecule has 4 heteroatoms. The highest BCUT2D eigenvalue weighted by Gasteiger charge is 2.27. The summed E-state index contributed by atoms with van der Waals surface area (Å²) in [6.45, 7) is 3.50. The lowest BCUT2D eigenvalue weighted by Crippen LogP contribution is -2.49. The third-order valence-corrected chi connectivity index (χ3v) is 3.70. The zero-order chi connectivity index (χ0) is 11.1. The molecule has 1 aromatic carbocycles. The van der Waals surface area contributed by atoms with Crippen LogP contribution < -0.4 is 25.4 Å². The highest BCUT2D eigenvalue weighted by Crippen LogP contribution is 2.22. The number of anilines is 1. The first-order chi connectivity index (χ1) is 7.79. The highest BCUT2D eigenvalue weighted by molar-refractivity contribution is 5.62. The van der Waals surface area contributed by atoms with Crippen molar-refractivity contribution in [3.63, 3.8) is 0 Å². The number of hydrogen-bond donors (Lipinski definition) is 0. The molecule has 0 aromatic heterocycles. The monoisotopic (exact) mass is 220 g/mol. The molecule has 2 aliphatic rings. The Balaban J connectivity index is 2.02. The minimum Gasteiger partial charge on any atom is -0.866 e. The van der Waals surface area contributed by atoms with Crippen molar-refractivity contribution in [1.29, 1.82) is 0 Å². The van der Waals surface area contributed by atoms with Crippen LogP contribution in [0.15, 0.2) is 4.79 Å². The molecule has 4 nitrogen and oxygen atoms in total. The molecule has 1 aromatic rings. The second-order valence-electron chi connectivity index (χ2n) is 4.74.